The average molecular weight is 372 g/mol. The number of carbonyl (C=O) groups excluding carboxylic acids is 1. The lowest BCUT2D eigenvalue weighted by Crippen LogP contribution is -2.14. The monoisotopic (exact) mass is 372 g/mol. The first-order valence-electron chi connectivity index (χ1n) is 7.29. The number of furan rings is 1. The fourth-order valence-corrected chi connectivity index (χ4v) is 3.55. The summed E-state index contributed by atoms with van der Waals surface area (Å²) in [7, 11) is 1.83. The molecule has 0 unspecified atom stereocenters. The molecule has 126 valence electrons. The first-order valence-corrected chi connectivity index (χ1v) is 9.01. The Morgan fingerprint density at radius 1 is 1.28 bits per heavy atom. The van der Waals surface area contributed by atoms with Crippen LogP contribution >= 0.6 is 23.5 Å². The van der Waals surface area contributed by atoms with Crippen LogP contribution in [0.1, 0.15) is 0 Å². The molecule has 1 aromatic carbocycles. The molecule has 1 N–H and O–H groups in total. The summed E-state index contributed by atoms with van der Waals surface area (Å²) < 4.78 is 15.5. The predicted octanol–water partition coefficient (Wildman–Crippen LogP) is 2.81. The smallest absolute Gasteiger partial charge is 0.234 e. The number of rotatable bonds is 5. The Morgan fingerprint density at radius 3 is 3.04 bits per heavy atom. The Morgan fingerprint density at radius 2 is 2.20 bits per heavy atom. The van der Waals surface area contributed by atoms with Crippen molar-refractivity contribution in [2.45, 2.75) is 5.16 Å². The van der Waals surface area contributed by atoms with Gasteiger partial charge in [0.1, 0.15) is 11.0 Å². The fraction of sp³-hybridized carbons (Fsp3) is 0.133. The highest BCUT2D eigenvalue weighted by atomic mass is 32.2. The largest absolute Gasteiger partial charge is 0.461 e. The third kappa shape index (κ3) is 3.13. The normalized spacial score (nSPS) is 11.1. The van der Waals surface area contributed by atoms with Crippen LogP contribution in [-0.4, -0.2) is 35.2 Å². The van der Waals surface area contributed by atoms with Crippen LogP contribution in [0.25, 0.3) is 22.6 Å². The molecule has 0 spiro atoms. The van der Waals surface area contributed by atoms with Crippen molar-refractivity contribution in [1.29, 1.82) is 0 Å². The molecule has 0 atom stereocenters. The van der Waals surface area contributed by atoms with E-state index in [0.717, 1.165) is 17.2 Å². The Labute approximate surface area is 150 Å². The molecular weight excluding hydrogens is 360 g/mol. The van der Waals surface area contributed by atoms with Gasteiger partial charge in [0, 0.05) is 7.05 Å². The zero-order valence-corrected chi connectivity index (χ0v) is 14.7. The zero-order chi connectivity index (χ0) is 17.2. The van der Waals surface area contributed by atoms with Crippen LogP contribution in [0, 0.1) is 0 Å². The standard InChI is InChI=1S/C15H12N6O2S2/c1-21-14(11-6-3-7-23-11)17-18-15(21)24-8-12(22)16-9-4-2-5-10-13(9)20-25-19-10/h2-7H,8H2,1H3,(H,16,22). The van der Waals surface area contributed by atoms with Gasteiger partial charge in [-0.15, -0.1) is 10.2 Å². The van der Waals surface area contributed by atoms with E-state index < -0.39 is 0 Å². The number of hydrogen-bond donors (Lipinski definition) is 1. The maximum Gasteiger partial charge on any atom is 0.234 e. The van der Waals surface area contributed by atoms with Gasteiger partial charge >= 0.3 is 0 Å². The molecule has 0 radical (unpaired) electrons. The van der Waals surface area contributed by atoms with E-state index in [9.17, 15) is 4.79 Å². The second kappa shape index (κ2) is 6.65. The van der Waals surface area contributed by atoms with Crippen LogP contribution in [0.4, 0.5) is 5.69 Å². The van der Waals surface area contributed by atoms with E-state index in [1.165, 1.54) is 11.8 Å². The van der Waals surface area contributed by atoms with Gasteiger partial charge in [-0.2, -0.15) is 8.75 Å². The van der Waals surface area contributed by atoms with Gasteiger partial charge < -0.3 is 14.3 Å². The summed E-state index contributed by atoms with van der Waals surface area (Å²) >= 11 is 2.42. The van der Waals surface area contributed by atoms with Crippen LogP contribution < -0.4 is 5.32 Å². The van der Waals surface area contributed by atoms with Crippen LogP contribution in [0.5, 0.6) is 0 Å². The summed E-state index contributed by atoms with van der Waals surface area (Å²) in [6.07, 6.45) is 1.58. The van der Waals surface area contributed by atoms with Crippen molar-refractivity contribution < 1.29 is 9.21 Å². The van der Waals surface area contributed by atoms with Gasteiger partial charge in [-0.1, -0.05) is 17.8 Å². The molecule has 3 heterocycles. The molecule has 4 aromatic rings. The van der Waals surface area contributed by atoms with Gasteiger partial charge in [0.15, 0.2) is 16.7 Å². The molecule has 10 heteroatoms. The van der Waals surface area contributed by atoms with Crippen molar-refractivity contribution in [3.8, 4) is 11.6 Å². The minimum atomic E-state index is -0.145. The molecule has 4 rings (SSSR count). The lowest BCUT2D eigenvalue weighted by molar-refractivity contribution is -0.113. The van der Waals surface area contributed by atoms with Gasteiger partial charge in [0.05, 0.1) is 29.4 Å². The molecule has 0 aliphatic carbocycles. The second-order valence-electron chi connectivity index (χ2n) is 5.12. The van der Waals surface area contributed by atoms with Crippen molar-refractivity contribution in [3.05, 3.63) is 36.6 Å². The summed E-state index contributed by atoms with van der Waals surface area (Å²) in [6, 6.07) is 9.11. The van der Waals surface area contributed by atoms with Gasteiger partial charge in [-0.05, 0) is 24.3 Å². The Hall–Kier alpha value is -2.72. The molecule has 3 aromatic heterocycles. The van der Waals surface area contributed by atoms with Crippen LogP contribution in [-0.2, 0) is 11.8 Å². The van der Waals surface area contributed by atoms with Crippen molar-refractivity contribution in [2.75, 3.05) is 11.1 Å². The molecule has 0 aliphatic rings. The molecule has 0 bridgehead atoms. The van der Waals surface area contributed by atoms with Gasteiger partial charge in [0.25, 0.3) is 0 Å². The number of fused-ring (bicyclic) bond motifs is 1. The van der Waals surface area contributed by atoms with Crippen molar-refractivity contribution >= 4 is 46.1 Å². The van der Waals surface area contributed by atoms with E-state index in [4.69, 9.17) is 4.42 Å². The van der Waals surface area contributed by atoms with E-state index in [2.05, 4.69) is 24.3 Å². The number of amides is 1. The molecule has 8 nitrogen and oxygen atoms in total. The SMILES string of the molecule is Cn1c(SCC(=O)Nc2cccc3nsnc23)nnc1-c1ccco1. The summed E-state index contributed by atoms with van der Waals surface area (Å²) in [5, 5.41) is 11.7. The molecule has 0 saturated heterocycles. The average Bonchev–Trinajstić information content (AvgIpc) is 3.34. The summed E-state index contributed by atoms with van der Waals surface area (Å²) in [5.41, 5.74) is 2.13. The summed E-state index contributed by atoms with van der Waals surface area (Å²) in [6.45, 7) is 0. The maximum absolute atomic E-state index is 12.2. The number of anilines is 1. The lowest BCUT2D eigenvalue weighted by atomic mass is 10.2. The van der Waals surface area contributed by atoms with E-state index in [1.54, 1.807) is 16.9 Å². The molecule has 0 fully saturated rings. The van der Waals surface area contributed by atoms with Gasteiger partial charge in [0.2, 0.25) is 5.91 Å². The molecule has 0 saturated carbocycles. The van der Waals surface area contributed by atoms with Crippen molar-refractivity contribution in [3.63, 3.8) is 0 Å². The van der Waals surface area contributed by atoms with E-state index in [0.29, 0.717) is 27.9 Å². The molecule has 0 aliphatic heterocycles. The van der Waals surface area contributed by atoms with E-state index in [1.807, 2.05) is 31.3 Å². The number of nitrogens with one attached hydrogen (secondary N) is 1. The summed E-state index contributed by atoms with van der Waals surface area (Å²) in [5.74, 6) is 1.31. The number of aromatic nitrogens is 5. The lowest BCUT2D eigenvalue weighted by Gasteiger charge is -2.05. The minimum absolute atomic E-state index is 0.145. The molecule has 1 amide bonds. The number of nitrogens with zero attached hydrogens (tertiary/aromatic N) is 5. The Kier molecular flexibility index (Phi) is 4.20. The van der Waals surface area contributed by atoms with E-state index >= 15 is 0 Å². The highest BCUT2D eigenvalue weighted by molar-refractivity contribution is 7.99. The van der Waals surface area contributed by atoms with Gasteiger partial charge in [-0.3, -0.25) is 4.79 Å². The quantitative estimate of drug-likeness (QED) is 0.538. The second-order valence-corrected chi connectivity index (χ2v) is 6.59. The van der Waals surface area contributed by atoms with Crippen molar-refractivity contribution in [1.82, 2.24) is 23.5 Å². The number of thioether (sulfide) groups is 1. The minimum Gasteiger partial charge on any atom is -0.461 e. The number of hydrogen-bond acceptors (Lipinski definition) is 8. The van der Waals surface area contributed by atoms with Crippen LogP contribution in [0.15, 0.2) is 46.2 Å². The highest BCUT2D eigenvalue weighted by Gasteiger charge is 2.15. The van der Waals surface area contributed by atoms with Crippen LogP contribution in [0.3, 0.4) is 0 Å². The zero-order valence-electron chi connectivity index (χ0n) is 13.0. The Bertz CT molecular complexity index is 1020. The topological polar surface area (TPSA) is 98.7 Å². The Balaban J connectivity index is 1.43. The third-order valence-corrected chi connectivity index (χ3v) is 5.03. The third-order valence-electron chi connectivity index (χ3n) is 3.47. The van der Waals surface area contributed by atoms with Gasteiger partial charge in [-0.25, -0.2) is 0 Å². The molecular formula is C15H12N6O2S2. The first-order chi connectivity index (χ1) is 12.2. The first kappa shape index (κ1) is 15.8. The number of carbonyl (C=O) groups is 1. The maximum atomic E-state index is 12.2. The van der Waals surface area contributed by atoms with Crippen molar-refractivity contribution in [2.24, 2.45) is 7.05 Å². The van der Waals surface area contributed by atoms with E-state index in [-0.39, 0.29) is 11.7 Å². The summed E-state index contributed by atoms with van der Waals surface area (Å²) in [4.78, 5) is 12.2. The number of benzene rings is 1. The fourth-order valence-electron chi connectivity index (χ4n) is 2.28. The highest BCUT2D eigenvalue weighted by Crippen LogP contribution is 2.24. The predicted molar refractivity (Wildman–Crippen MR) is 95.5 cm³/mol. The molecule has 25 heavy (non-hydrogen) atoms. The van der Waals surface area contributed by atoms with Crippen LogP contribution in [0.2, 0.25) is 0 Å².